The molecular weight excluding hydrogens is 679 g/mol. The lowest BCUT2D eigenvalue weighted by molar-refractivity contribution is -0.171. The standard InChI is InChI=1S/C46H91NO7/c1-3-5-7-9-11-13-15-17-19-20-21-22-23-24-26-27-29-31-33-35-37-42(50)45(53)41(39-48)47(44(52)40-49)46(54)43(51)38-36-34-32-30-28-25-18-16-14-12-10-8-6-4-2/h29,31,41-45,48-53H,3-28,30,32-40H2,1-2H3/b31-29+/t41-,42+,43+,44?,45-/m0/s1. The summed E-state index contributed by atoms with van der Waals surface area (Å²) in [7, 11) is 0. The Labute approximate surface area is 333 Å². The summed E-state index contributed by atoms with van der Waals surface area (Å²) < 4.78 is 0. The quantitative estimate of drug-likeness (QED) is 0.0206. The Hall–Kier alpha value is -1.03. The van der Waals surface area contributed by atoms with E-state index in [1.807, 2.05) is 0 Å². The van der Waals surface area contributed by atoms with Crippen LogP contribution < -0.4 is 0 Å². The molecule has 0 spiro atoms. The third kappa shape index (κ3) is 30.2. The van der Waals surface area contributed by atoms with Crippen molar-refractivity contribution in [2.45, 2.75) is 263 Å². The molecule has 0 aliphatic heterocycles. The Balaban J connectivity index is 4.19. The average molecular weight is 770 g/mol. The van der Waals surface area contributed by atoms with Crippen LogP contribution in [0.3, 0.4) is 0 Å². The molecule has 6 N–H and O–H groups in total. The summed E-state index contributed by atoms with van der Waals surface area (Å²) in [5, 5.41) is 62.4. The normalized spacial score (nSPS) is 14.7. The number of amides is 1. The smallest absolute Gasteiger partial charge is 0.253 e. The molecule has 5 atom stereocenters. The summed E-state index contributed by atoms with van der Waals surface area (Å²) in [5.74, 6) is -0.863. The lowest BCUT2D eigenvalue weighted by atomic mass is 9.98. The van der Waals surface area contributed by atoms with E-state index in [-0.39, 0.29) is 12.8 Å². The number of hydrogen-bond acceptors (Lipinski definition) is 7. The summed E-state index contributed by atoms with van der Waals surface area (Å²) in [4.78, 5) is 13.9. The highest BCUT2D eigenvalue weighted by atomic mass is 16.4. The van der Waals surface area contributed by atoms with E-state index in [0.29, 0.717) is 12.8 Å². The van der Waals surface area contributed by atoms with Crippen molar-refractivity contribution in [1.82, 2.24) is 4.90 Å². The number of nitrogens with zero attached hydrogens (tertiary/aromatic N) is 1. The van der Waals surface area contributed by atoms with Crippen molar-refractivity contribution in [3.8, 4) is 0 Å². The van der Waals surface area contributed by atoms with Crippen molar-refractivity contribution in [2.24, 2.45) is 0 Å². The molecule has 1 unspecified atom stereocenters. The minimum Gasteiger partial charge on any atom is -0.394 e. The van der Waals surface area contributed by atoms with E-state index in [1.165, 1.54) is 161 Å². The number of hydrogen-bond donors (Lipinski definition) is 6. The van der Waals surface area contributed by atoms with E-state index in [9.17, 15) is 35.4 Å². The first kappa shape index (κ1) is 53.0. The summed E-state index contributed by atoms with van der Waals surface area (Å²) in [6.45, 7) is 2.97. The maximum absolute atomic E-state index is 13.2. The molecule has 322 valence electrons. The van der Waals surface area contributed by atoms with Gasteiger partial charge in [-0.05, 0) is 38.5 Å². The van der Waals surface area contributed by atoms with Gasteiger partial charge in [-0.15, -0.1) is 0 Å². The van der Waals surface area contributed by atoms with Crippen LogP contribution in [0.15, 0.2) is 12.2 Å². The second-order valence-corrected chi connectivity index (χ2v) is 16.3. The zero-order chi connectivity index (χ0) is 39.9. The van der Waals surface area contributed by atoms with Gasteiger partial charge < -0.3 is 35.5 Å². The van der Waals surface area contributed by atoms with Crippen molar-refractivity contribution in [2.75, 3.05) is 13.2 Å². The molecule has 8 heteroatoms. The molecule has 0 saturated carbocycles. The Kier molecular flexibility index (Phi) is 39.4. The molecule has 54 heavy (non-hydrogen) atoms. The van der Waals surface area contributed by atoms with Crippen molar-refractivity contribution in [3.05, 3.63) is 12.2 Å². The van der Waals surface area contributed by atoms with Gasteiger partial charge in [0.25, 0.3) is 5.91 Å². The second kappa shape index (κ2) is 40.2. The number of carbonyl (C=O) groups excluding carboxylic acids is 1. The lowest BCUT2D eigenvalue weighted by Crippen LogP contribution is -2.59. The minimum absolute atomic E-state index is 0.189. The zero-order valence-electron chi connectivity index (χ0n) is 35.5. The first-order chi connectivity index (χ1) is 26.3. The van der Waals surface area contributed by atoms with Crippen LogP contribution in [0.4, 0.5) is 0 Å². The molecule has 0 aliphatic carbocycles. The lowest BCUT2D eigenvalue weighted by Gasteiger charge is -2.38. The summed E-state index contributed by atoms with van der Waals surface area (Å²) >= 11 is 0. The van der Waals surface area contributed by atoms with Crippen LogP contribution in [0, 0.1) is 0 Å². The van der Waals surface area contributed by atoms with E-state index >= 15 is 0 Å². The third-order valence-corrected chi connectivity index (χ3v) is 11.2. The highest BCUT2D eigenvalue weighted by Gasteiger charge is 2.38. The van der Waals surface area contributed by atoms with Crippen molar-refractivity contribution < 1.29 is 35.4 Å². The van der Waals surface area contributed by atoms with Crippen LogP contribution in [0.2, 0.25) is 0 Å². The van der Waals surface area contributed by atoms with Crippen LogP contribution in [0.25, 0.3) is 0 Å². The molecule has 0 aromatic rings. The molecule has 8 nitrogen and oxygen atoms in total. The van der Waals surface area contributed by atoms with Gasteiger partial charge in [0.05, 0.1) is 25.4 Å². The molecule has 0 fully saturated rings. The molecule has 0 rings (SSSR count). The molecule has 0 aromatic carbocycles. The van der Waals surface area contributed by atoms with Crippen molar-refractivity contribution in [1.29, 1.82) is 0 Å². The Morgan fingerprint density at radius 1 is 0.463 bits per heavy atom. The molecule has 0 aliphatic rings. The largest absolute Gasteiger partial charge is 0.394 e. The molecule has 0 aromatic heterocycles. The van der Waals surface area contributed by atoms with Gasteiger partial charge in [-0.1, -0.05) is 206 Å². The third-order valence-electron chi connectivity index (χ3n) is 11.2. The van der Waals surface area contributed by atoms with Gasteiger partial charge in [-0.2, -0.15) is 0 Å². The van der Waals surface area contributed by atoms with Gasteiger partial charge in [-0.25, -0.2) is 0 Å². The minimum atomic E-state index is -1.72. The van der Waals surface area contributed by atoms with E-state index in [0.717, 1.165) is 37.0 Å². The van der Waals surface area contributed by atoms with Gasteiger partial charge in [-0.3, -0.25) is 4.79 Å². The SMILES string of the molecule is CCCCCCCCCCCCCCCCC/C=C/CCC[C@@H](O)[C@@H](O)[C@H](CO)N(C(=O)[C@H](O)CCCCCCCCCCCCCCCC)C(O)CO. The van der Waals surface area contributed by atoms with Gasteiger partial charge in [0.15, 0.2) is 6.23 Å². The fourth-order valence-corrected chi connectivity index (χ4v) is 7.55. The average Bonchev–Trinajstić information content (AvgIpc) is 3.18. The molecule has 0 saturated heterocycles. The molecule has 0 bridgehead atoms. The van der Waals surface area contributed by atoms with E-state index in [2.05, 4.69) is 26.0 Å². The number of aliphatic hydroxyl groups is 6. The van der Waals surface area contributed by atoms with E-state index in [1.54, 1.807) is 0 Å². The molecular formula is C46H91NO7. The highest BCUT2D eigenvalue weighted by molar-refractivity contribution is 5.81. The monoisotopic (exact) mass is 770 g/mol. The zero-order valence-corrected chi connectivity index (χ0v) is 35.5. The molecule has 0 heterocycles. The first-order valence-electron chi connectivity index (χ1n) is 23.3. The summed E-state index contributed by atoms with van der Waals surface area (Å²) in [5.41, 5.74) is 0. The van der Waals surface area contributed by atoms with Gasteiger partial charge in [0, 0.05) is 0 Å². The van der Waals surface area contributed by atoms with Crippen LogP contribution in [0.5, 0.6) is 0 Å². The summed E-state index contributed by atoms with van der Waals surface area (Å²) in [6, 6.07) is -1.36. The van der Waals surface area contributed by atoms with Gasteiger partial charge in [0.1, 0.15) is 12.2 Å². The topological polar surface area (TPSA) is 142 Å². The number of unbranched alkanes of at least 4 members (excludes halogenated alkanes) is 29. The van der Waals surface area contributed by atoms with Gasteiger partial charge >= 0.3 is 0 Å². The Morgan fingerprint density at radius 2 is 0.815 bits per heavy atom. The molecule has 1 amide bonds. The van der Waals surface area contributed by atoms with Crippen LogP contribution in [-0.4, -0.2) is 85.2 Å². The van der Waals surface area contributed by atoms with E-state index in [4.69, 9.17) is 0 Å². The second-order valence-electron chi connectivity index (χ2n) is 16.3. The highest BCUT2D eigenvalue weighted by Crippen LogP contribution is 2.20. The fraction of sp³-hybridized carbons (Fsp3) is 0.935. The maximum atomic E-state index is 13.2. The predicted octanol–water partition coefficient (Wildman–Crippen LogP) is 10.4. The van der Waals surface area contributed by atoms with Crippen LogP contribution in [-0.2, 0) is 4.79 Å². The summed E-state index contributed by atoms with van der Waals surface area (Å²) in [6.07, 6.45) is 38.2. The van der Waals surface area contributed by atoms with E-state index < -0.39 is 49.7 Å². The Morgan fingerprint density at radius 3 is 1.19 bits per heavy atom. The number of allylic oxidation sites excluding steroid dienone is 2. The van der Waals surface area contributed by atoms with Crippen molar-refractivity contribution in [3.63, 3.8) is 0 Å². The van der Waals surface area contributed by atoms with Crippen LogP contribution in [0.1, 0.15) is 232 Å². The van der Waals surface area contributed by atoms with Gasteiger partial charge in [0.2, 0.25) is 0 Å². The number of carbonyl (C=O) groups is 1. The molecule has 0 radical (unpaired) electrons. The fourth-order valence-electron chi connectivity index (χ4n) is 7.55. The van der Waals surface area contributed by atoms with Crippen LogP contribution >= 0.6 is 0 Å². The maximum Gasteiger partial charge on any atom is 0.253 e. The number of rotatable bonds is 42. The van der Waals surface area contributed by atoms with Crippen molar-refractivity contribution >= 4 is 5.91 Å². The Bertz CT molecular complexity index is 812. The number of aliphatic hydroxyl groups excluding tert-OH is 6. The predicted molar refractivity (Wildman–Crippen MR) is 226 cm³/mol. The first-order valence-corrected chi connectivity index (χ1v) is 23.3.